The van der Waals surface area contributed by atoms with E-state index in [0.717, 1.165) is 38.2 Å². The van der Waals surface area contributed by atoms with E-state index in [2.05, 4.69) is 92.6 Å². The summed E-state index contributed by atoms with van der Waals surface area (Å²) in [6.07, 6.45) is 19.2. The summed E-state index contributed by atoms with van der Waals surface area (Å²) in [4.78, 5) is 2.45. The van der Waals surface area contributed by atoms with Crippen molar-refractivity contribution in [2.24, 2.45) is 0 Å². The molecule has 2 nitrogen and oxygen atoms in total. The van der Waals surface area contributed by atoms with Gasteiger partial charge in [0.25, 0.3) is 0 Å². The van der Waals surface area contributed by atoms with Crippen molar-refractivity contribution in [2.45, 2.75) is 52.7 Å². The number of unbranched alkanes of at least 4 members (excludes halogenated alkanes) is 2. The first-order valence-electron chi connectivity index (χ1n) is 11.3. The number of thiol groups is 1. The predicted octanol–water partition coefficient (Wildman–Crippen LogP) is 7.54. The van der Waals surface area contributed by atoms with E-state index < -0.39 is 0 Å². The van der Waals surface area contributed by atoms with Crippen LogP contribution in [0.4, 0.5) is 0 Å². The van der Waals surface area contributed by atoms with Crippen molar-refractivity contribution in [3.05, 3.63) is 107 Å². The van der Waals surface area contributed by atoms with Gasteiger partial charge in [-0.05, 0) is 59.6 Å². The van der Waals surface area contributed by atoms with Gasteiger partial charge in [0, 0.05) is 19.6 Å². The molecule has 1 aromatic rings. The van der Waals surface area contributed by atoms with E-state index in [0.29, 0.717) is 6.61 Å². The van der Waals surface area contributed by atoms with Gasteiger partial charge in [-0.3, -0.25) is 4.90 Å². The third kappa shape index (κ3) is 9.20. The molecule has 0 saturated heterocycles. The van der Waals surface area contributed by atoms with Crippen LogP contribution in [0.2, 0.25) is 0 Å². The van der Waals surface area contributed by atoms with Crippen molar-refractivity contribution in [1.29, 1.82) is 0 Å². The molecule has 0 unspecified atom stereocenters. The van der Waals surface area contributed by atoms with E-state index in [4.69, 9.17) is 4.74 Å². The van der Waals surface area contributed by atoms with Crippen LogP contribution in [0.3, 0.4) is 0 Å². The predicted molar refractivity (Wildman–Crippen MR) is 138 cm³/mol. The van der Waals surface area contributed by atoms with E-state index in [1.54, 1.807) is 5.41 Å². The lowest BCUT2D eigenvalue weighted by Gasteiger charge is -2.16. The van der Waals surface area contributed by atoms with Gasteiger partial charge in [-0.15, -0.1) is 0 Å². The molecule has 0 spiro atoms. The summed E-state index contributed by atoms with van der Waals surface area (Å²) in [6.45, 7) is 11.7. The van der Waals surface area contributed by atoms with E-state index in [1.165, 1.54) is 35.1 Å². The van der Waals surface area contributed by atoms with Crippen LogP contribution in [0.5, 0.6) is 0 Å². The lowest BCUT2D eigenvalue weighted by Crippen LogP contribution is -2.20. The molecule has 0 N–H and O–H groups in total. The molecule has 0 radical (unpaired) electrons. The molecule has 0 aliphatic carbocycles. The molecule has 166 valence electrons. The summed E-state index contributed by atoms with van der Waals surface area (Å²) in [5.74, 6) is 0.857. The molecule has 2 rings (SSSR count). The third-order valence-electron chi connectivity index (χ3n) is 5.23. The topological polar surface area (TPSA) is 12.5 Å². The molecule has 0 aromatic heterocycles. The summed E-state index contributed by atoms with van der Waals surface area (Å²) in [6, 6.07) is 8.72. The zero-order valence-electron chi connectivity index (χ0n) is 19.1. The highest BCUT2D eigenvalue weighted by molar-refractivity contribution is 7.83. The highest BCUT2D eigenvalue weighted by Gasteiger charge is 2.18. The highest BCUT2D eigenvalue weighted by Crippen LogP contribution is 2.22. The standard InChI is InChI=1S/C28H37NOS/c1-4-7-8-9-10-11-13-28(18-19-31)30-23-25-16-14-24(15-17-25)20-29-21-26(6-3)27(22-29)12-5-2/h5-6,9-10,12-19,31H,3-4,7-8,11,20-23H2,1-2H3/b10-9+,12-5-,19-18-,28-13+. The molecule has 0 atom stereocenters. The average Bonchev–Trinajstić information content (AvgIpc) is 3.17. The SMILES string of the molecule is C=CC1=C(/C=C\C)CN(Cc2ccc(COC(/C=C\S)=C/C/C=C/CCCC)cc2)C1. The summed E-state index contributed by atoms with van der Waals surface area (Å²) in [7, 11) is 0. The van der Waals surface area contributed by atoms with Crippen molar-refractivity contribution in [2.75, 3.05) is 13.1 Å². The largest absolute Gasteiger partial charge is 0.489 e. The molecule has 1 heterocycles. The Morgan fingerprint density at radius 2 is 1.87 bits per heavy atom. The second-order valence-corrected chi connectivity index (χ2v) is 8.07. The molecule has 0 fully saturated rings. The van der Waals surface area contributed by atoms with Crippen molar-refractivity contribution >= 4 is 12.6 Å². The van der Waals surface area contributed by atoms with Gasteiger partial charge in [0.1, 0.15) is 12.4 Å². The zero-order chi connectivity index (χ0) is 22.3. The Labute approximate surface area is 194 Å². The van der Waals surface area contributed by atoms with Crippen LogP contribution in [-0.4, -0.2) is 18.0 Å². The van der Waals surface area contributed by atoms with E-state index in [1.807, 2.05) is 12.2 Å². The lowest BCUT2D eigenvalue weighted by atomic mass is 10.1. The Balaban J connectivity index is 1.84. The number of hydrogen-bond acceptors (Lipinski definition) is 3. The van der Waals surface area contributed by atoms with Crippen molar-refractivity contribution in [1.82, 2.24) is 4.90 Å². The molecule has 0 bridgehead atoms. The first-order chi connectivity index (χ1) is 15.2. The summed E-state index contributed by atoms with van der Waals surface area (Å²) < 4.78 is 5.99. The minimum absolute atomic E-state index is 0.557. The van der Waals surface area contributed by atoms with Gasteiger partial charge in [0.2, 0.25) is 0 Å². The van der Waals surface area contributed by atoms with Crippen LogP contribution in [-0.2, 0) is 17.9 Å². The van der Waals surface area contributed by atoms with Crippen LogP contribution in [0, 0.1) is 0 Å². The molecule has 31 heavy (non-hydrogen) atoms. The maximum absolute atomic E-state index is 5.99. The Morgan fingerprint density at radius 1 is 1.13 bits per heavy atom. The number of allylic oxidation sites excluding steroid dienone is 5. The Hall–Kier alpha value is -2.23. The molecular formula is C28H37NOS. The minimum Gasteiger partial charge on any atom is -0.489 e. The number of benzene rings is 1. The van der Waals surface area contributed by atoms with Gasteiger partial charge >= 0.3 is 0 Å². The summed E-state index contributed by atoms with van der Waals surface area (Å²) >= 11 is 4.19. The fraction of sp³-hybridized carbons (Fsp3) is 0.357. The van der Waals surface area contributed by atoms with E-state index in [-0.39, 0.29) is 0 Å². The first-order valence-corrected chi connectivity index (χ1v) is 11.8. The van der Waals surface area contributed by atoms with Crippen LogP contribution >= 0.6 is 12.6 Å². The minimum atomic E-state index is 0.557. The highest BCUT2D eigenvalue weighted by atomic mass is 32.1. The molecule has 1 aromatic carbocycles. The Kier molecular flexibility index (Phi) is 11.9. The smallest absolute Gasteiger partial charge is 0.116 e. The van der Waals surface area contributed by atoms with Gasteiger partial charge in [0.15, 0.2) is 0 Å². The van der Waals surface area contributed by atoms with Crippen LogP contribution < -0.4 is 0 Å². The van der Waals surface area contributed by atoms with E-state index in [9.17, 15) is 0 Å². The summed E-state index contributed by atoms with van der Waals surface area (Å²) in [5.41, 5.74) is 5.19. The number of hydrogen-bond donors (Lipinski definition) is 1. The van der Waals surface area contributed by atoms with Crippen molar-refractivity contribution < 1.29 is 4.74 Å². The van der Waals surface area contributed by atoms with Gasteiger partial charge in [0.05, 0.1) is 0 Å². The molecule has 0 saturated carbocycles. The lowest BCUT2D eigenvalue weighted by molar-refractivity contribution is 0.210. The molecule has 1 aliphatic heterocycles. The maximum Gasteiger partial charge on any atom is 0.116 e. The molecule has 1 aliphatic rings. The Bertz CT molecular complexity index is 827. The first kappa shape index (κ1) is 25.0. The Morgan fingerprint density at radius 3 is 2.55 bits per heavy atom. The van der Waals surface area contributed by atoms with Crippen molar-refractivity contribution in [3.8, 4) is 0 Å². The summed E-state index contributed by atoms with van der Waals surface area (Å²) in [5, 5.41) is 1.72. The van der Waals surface area contributed by atoms with Crippen molar-refractivity contribution in [3.63, 3.8) is 0 Å². The molecule has 3 heteroatoms. The fourth-order valence-electron chi connectivity index (χ4n) is 3.54. The average molecular weight is 436 g/mol. The molecule has 0 amide bonds. The van der Waals surface area contributed by atoms with Crippen LogP contribution in [0.25, 0.3) is 0 Å². The second-order valence-electron chi connectivity index (χ2n) is 7.78. The quantitative estimate of drug-likeness (QED) is 0.113. The van der Waals surface area contributed by atoms with Gasteiger partial charge in [-0.2, -0.15) is 12.6 Å². The van der Waals surface area contributed by atoms with Crippen LogP contribution in [0.1, 0.15) is 50.7 Å². The van der Waals surface area contributed by atoms with Gasteiger partial charge in [-0.1, -0.05) is 81.0 Å². The zero-order valence-corrected chi connectivity index (χ0v) is 20.0. The maximum atomic E-state index is 5.99. The number of nitrogens with zero attached hydrogens (tertiary/aromatic N) is 1. The van der Waals surface area contributed by atoms with Gasteiger partial charge in [-0.25, -0.2) is 0 Å². The third-order valence-corrected chi connectivity index (χ3v) is 5.38. The number of ether oxygens (including phenoxy) is 1. The number of rotatable bonds is 13. The normalized spacial score (nSPS) is 15.8. The fourth-order valence-corrected chi connectivity index (χ4v) is 3.69. The van der Waals surface area contributed by atoms with Gasteiger partial charge < -0.3 is 4.74 Å². The second kappa shape index (κ2) is 14.7. The monoisotopic (exact) mass is 435 g/mol. The molecular weight excluding hydrogens is 398 g/mol. The van der Waals surface area contributed by atoms with Crippen LogP contribution in [0.15, 0.2) is 95.7 Å². The van der Waals surface area contributed by atoms with E-state index >= 15 is 0 Å².